The molecule has 1 N–H and O–H groups in total. The lowest BCUT2D eigenvalue weighted by Gasteiger charge is -1.97. The maximum absolute atomic E-state index is 9.00. The normalized spacial score (nSPS) is 10.2. The van der Waals surface area contributed by atoms with Gasteiger partial charge in [0, 0.05) is 0 Å². The van der Waals surface area contributed by atoms with Crippen LogP contribution in [0.5, 0.6) is 0 Å². The van der Waals surface area contributed by atoms with Gasteiger partial charge in [-0.2, -0.15) is 0 Å². The van der Waals surface area contributed by atoms with Crippen LogP contribution in [0.3, 0.4) is 0 Å². The maximum Gasteiger partial charge on any atom is 0.0867 e. The van der Waals surface area contributed by atoms with E-state index in [4.69, 9.17) is 5.11 Å². The maximum atomic E-state index is 9.00. The van der Waals surface area contributed by atoms with Crippen molar-refractivity contribution >= 4 is 11.3 Å². The Hall–Kier alpha value is -1.19. The van der Waals surface area contributed by atoms with Gasteiger partial charge < -0.3 is 5.11 Å². The van der Waals surface area contributed by atoms with Crippen molar-refractivity contribution in [1.29, 1.82) is 0 Å². The molecule has 2 rings (SSSR count). The van der Waals surface area contributed by atoms with Gasteiger partial charge in [0.2, 0.25) is 0 Å². The molecule has 0 fully saturated rings. The van der Waals surface area contributed by atoms with Crippen molar-refractivity contribution in [2.24, 2.45) is 0 Å². The molecule has 1 aromatic heterocycles. The first-order chi connectivity index (χ1) is 6.42. The average molecular weight is 190 g/mol. The standard InChI is InChI=1S/C10H8NOS/c12-6-9-10(13-7-11-9)8-4-2-1-3-5-8/h2-5,7,12H,6H2. The quantitative estimate of drug-likeness (QED) is 0.786. The van der Waals surface area contributed by atoms with Gasteiger partial charge in [-0.15, -0.1) is 11.3 Å². The summed E-state index contributed by atoms with van der Waals surface area (Å²) in [6.45, 7) is -0.00254. The number of hydrogen-bond acceptors (Lipinski definition) is 3. The molecule has 0 aliphatic heterocycles. The second-order valence-electron chi connectivity index (χ2n) is 2.57. The summed E-state index contributed by atoms with van der Waals surface area (Å²) in [6, 6.07) is 10.6. The summed E-state index contributed by atoms with van der Waals surface area (Å²) in [6.07, 6.45) is 0. The van der Waals surface area contributed by atoms with Gasteiger partial charge in [0.05, 0.1) is 22.7 Å². The monoisotopic (exact) mass is 190 g/mol. The first-order valence-corrected chi connectivity index (χ1v) is 4.79. The molecule has 0 saturated heterocycles. The van der Waals surface area contributed by atoms with Crippen molar-refractivity contribution < 1.29 is 5.11 Å². The molecule has 1 heterocycles. The van der Waals surface area contributed by atoms with E-state index in [0.717, 1.165) is 16.1 Å². The largest absolute Gasteiger partial charge is 0.390 e. The highest BCUT2D eigenvalue weighted by molar-refractivity contribution is 7.13. The summed E-state index contributed by atoms with van der Waals surface area (Å²) in [5.74, 6) is 0. The third-order valence-electron chi connectivity index (χ3n) is 1.77. The Labute approximate surface area is 80.5 Å². The van der Waals surface area contributed by atoms with Crippen molar-refractivity contribution in [1.82, 2.24) is 4.98 Å². The lowest BCUT2D eigenvalue weighted by atomic mass is 10.2. The van der Waals surface area contributed by atoms with E-state index in [0.29, 0.717) is 0 Å². The number of aliphatic hydroxyl groups excluding tert-OH is 1. The van der Waals surface area contributed by atoms with Crippen LogP contribution in [-0.2, 0) is 6.61 Å². The average Bonchev–Trinajstić information content (AvgIpc) is 2.67. The van der Waals surface area contributed by atoms with Crippen LogP contribution in [0.15, 0.2) is 29.8 Å². The predicted molar refractivity (Wildman–Crippen MR) is 52.3 cm³/mol. The molecule has 0 spiro atoms. The van der Waals surface area contributed by atoms with Gasteiger partial charge in [-0.25, -0.2) is 4.98 Å². The van der Waals surface area contributed by atoms with Gasteiger partial charge in [0.25, 0.3) is 0 Å². The van der Waals surface area contributed by atoms with Crippen LogP contribution in [0.25, 0.3) is 10.4 Å². The van der Waals surface area contributed by atoms with Gasteiger partial charge in [0.15, 0.2) is 0 Å². The zero-order valence-electron chi connectivity index (χ0n) is 6.90. The van der Waals surface area contributed by atoms with Crippen LogP contribution in [0.1, 0.15) is 5.69 Å². The first kappa shape index (κ1) is 8.41. The molecule has 3 heteroatoms. The van der Waals surface area contributed by atoms with Crippen LogP contribution in [0.4, 0.5) is 0 Å². The molecule has 13 heavy (non-hydrogen) atoms. The number of nitrogens with zero attached hydrogens (tertiary/aromatic N) is 1. The third-order valence-corrected chi connectivity index (χ3v) is 2.69. The summed E-state index contributed by atoms with van der Waals surface area (Å²) in [5, 5.41) is 9.00. The van der Waals surface area contributed by atoms with E-state index in [1.165, 1.54) is 0 Å². The van der Waals surface area contributed by atoms with Crippen molar-refractivity contribution in [3.8, 4) is 10.4 Å². The smallest absolute Gasteiger partial charge is 0.0867 e. The van der Waals surface area contributed by atoms with Gasteiger partial charge in [-0.05, 0) is 11.6 Å². The third kappa shape index (κ3) is 1.61. The zero-order chi connectivity index (χ0) is 9.10. The van der Waals surface area contributed by atoms with Crippen molar-refractivity contribution in [3.05, 3.63) is 41.5 Å². The summed E-state index contributed by atoms with van der Waals surface area (Å²) >= 11 is 1.54. The van der Waals surface area contributed by atoms with Gasteiger partial charge >= 0.3 is 0 Å². The lowest BCUT2D eigenvalue weighted by Crippen LogP contribution is -1.85. The zero-order valence-corrected chi connectivity index (χ0v) is 7.71. The van der Waals surface area contributed by atoms with E-state index in [2.05, 4.69) is 11.1 Å². The fourth-order valence-electron chi connectivity index (χ4n) is 1.15. The molecule has 2 aromatic rings. The Balaban J connectivity index is 2.47. The fourth-order valence-corrected chi connectivity index (χ4v) is 1.97. The molecular weight excluding hydrogens is 182 g/mol. The molecule has 0 aliphatic carbocycles. The summed E-state index contributed by atoms with van der Waals surface area (Å²) in [4.78, 5) is 5.11. The SMILES string of the molecule is OCc1ncsc1-c1cc[c]cc1. The predicted octanol–water partition coefficient (Wildman–Crippen LogP) is 2.10. The molecule has 2 nitrogen and oxygen atoms in total. The van der Waals surface area contributed by atoms with E-state index in [1.807, 2.05) is 24.3 Å². The van der Waals surface area contributed by atoms with E-state index in [-0.39, 0.29) is 6.61 Å². The molecule has 1 aromatic carbocycles. The van der Waals surface area contributed by atoms with Gasteiger partial charge in [-0.3, -0.25) is 0 Å². The number of hydrogen-bond donors (Lipinski definition) is 1. The van der Waals surface area contributed by atoms with Crippen LogP contribution in [-0.4, -0.2) is 10.1 Å². The minimum atomic E-state index is -0.00254. The lowest BCUT2D eigenvalue weighted by molar-refractivity contribution is 0.278. The first-order valence-electron chi connectivity index (χ1n) is 3.91. The van der Waals surface area contributed by atoms with E-state index < -0.39 is 0 Å². The van der Waals surface area contributed by atoms with E-state index >= 15 is 0 Å². The topological polar surface area (TPSA) is 33.1 Å². The number of benzene rings is 1. The second kappa shape index (κ2) is 3.68. The number of rotatable bonds is 2. The highest BCUT2D eigenvalue weighted by atomic mass is 32.1. The highest BCUT2D eigenvalue weighted by Crippen LogP contribution is 2.26. The molecular formula is C10H8NOS. The van der Waals surface area contributed by atoms with E-state index in [9.17, 15) is 0 Å². The Bertz CT molecular complexity index is 383. The number of aromatic nitrogens is 1. The Kier molecular flexibility index (Phi) is 2.38. The molecule has 0 saturated carbocycles. The molecule has 0 bridgehead atoms. The molecule has 65 valence electrons. The van der Waals surface area contributed by atoms with E-state index in [1.54, 1.807) is 16.8 Å². The summed E-state index contributed by atoms with van der Waals surface area (Å²) < 4.78 is 0. The summed E-state index contributed by atoms with van der Waals surface area (Å²) in [7, 11) is 0. The minimum Gasteiger partial charge on any atom is -0.390 e. The summed E-state index contributed by atoms with van der Waals surface area (Å²) in [5.41, 5.74) is 3.58. The minimum absolute atomic E-state index is 0.00254. The molecule has 0 atom stereocenters. The molecule has 0 aliphatic rings. The molecule has 0 unspecified atom stereocenters. The fraction of sp³-hybridized carbons (Fsp3) is 0.100. The van der Waals surface area contributed by atoms with Gasteiger partial charge in [0.1, 0.15) is 0 Å². The second-order valence-corrected chi connectivity index (χ2v) is 3.43. The number of aliphatic hydroxyl groups is 1. The van der Waals surface area contributed by atoms with Crippen molar-refractivity contribution in [3.63, 3.8) is 0 Å². The number of thiazole rings is 1. The van der Waals surface area contributed by atoms with Crippen LogP contribution in [0.2, 0.25) is 0 Å². The molecule has 0 amide bonds. The van der Waals surface area contributed by atoms with Gasteiger partial charge in [-0.1, -0.05) is 24.3 Å². The highest BCUT2D eigenvalue weighted by Gasteiger charge is 2.05. The van der Waals surface area contributed by atoms with Crippen LogP contribution in [0, 0.1) is 6.07 Å². The van der Waals surface area contributed by atoms with Crippen molar-refractivity contribution in [2.75, 3.05) is 0 Å². The molecule has 1 radical (unpaired) electrons. The van der Waals surface area contributed by atoms with Crippen LogP contribution < -0.4 is 0 Å². The Morgan fingerprint density at radius 1 is 1.38 bits per heavy atom. The van der Waals surface area contributed by atoms with Crippen molar-refractivity contribution in [2.45, 2.75) is 6.61 Å². The Morgan fingerprint density at radius 2 is 2.15 bits per heavy atom. The Morgan fingerprint density at radius 3 is 2.85 bits per heavy atom. The van der Waals surface area contributed by atoms with Crippen LogP contribution >= 0.6 is 11.3 Å².